The standard InChI is InChI=1S/C15H10ClN3O4/c16-10-2-1-3-11(8-10)17-15(18-20)14-7-9-6-12(19(21)22)4-5-13(9)23-14/h1-8,20H,(H,17,18). The minimum absolute atomic E-state index is 0.0462. The van der Waals surface area contributed by atoms with E-state index in [4.69, 9.17) is 16.0 Å². The van der Waals surface area contributed by atoms with Crippen molar-refractivity contribution in [3.8, 4) is 0 Å². The topological polar surface area (TPSA) is 101 Å². The fraction of sp³-hybridized carbons (Fsp3) is 0. The zero-order valence-electron chi connectivity index (χ0n) is 11.6. The van der Waals surface area contributed by atoms with E-state index in [0.29, 0.717) is 21.7 Å². The van der Waals surface area contributed by atoms with Gasteiger partial charge in [0.25, 0.3) is 5.69 Å². The number of hydrogen-bond acceptors (Lipinski definition) is 5. The predicted molar refractivity (Wildman–Crippen MR) is 85.4 cm³/mol. The molecule has 0 atom stereocenters. The Morgan fingerprint density at radius 2 is 2.09 bits per heavy atom. The van der Waals surface area contributed by atoms with Gasteiger partial charge in [0.05, 0.1) is 10.6 Å². The maximum atomic E-state index is 10.8. The summed E-state index contributed by atoms with van der Waals surface area (Å²) in [6, 6.07) is 12.5. The lowest BCUT2D eigenvalue weighted by molar-refractivity contribution is -0.384. The Balaban J connectivity index is 2.04. The highest BCUT2D eigenvalue weighted by molar-refractivity contribution is 6.30. The average Bonchev–Trinajstić information content (AvgIpc) is 2.95. The number of rotatable bonds is 3. The van der Waals surface area contributed by atoms with Gasteiger partial charge in [0.2, 0.25) is 0 Å². The molecule has 8 heteroatoms. The van der Waals surface area contributed by atoms with Crippen molar-refractivity contribution in [2.75, 3.05) is 0 Å². The molecule has 2 N–H and O–H groups in total. The molecule has 0 aliphatic heterocycles. The van der Waals surface area contributed by atoms with E-state index in [2.05, 4.69) is 4.99 Å². The molecule has 1 heterocycles. The lowest BCUT2D eigenvalue weighted by atomic mass is 10.2. The summed E-state index contributed by atoms with van der Waals surface area (Å²) >= 11 is 5.89. The minimum Gasteiger partial charge on any atom is -0.453 e. The van der Waals surface area contributed by atoms with Crippen LogP contribution in [0.5, 0.6) is 0 Å². The van der Waals surface area contributed by atoms with Crippen LogP contribution in [0.3, 0.4) is 0 Å². The number of nitrogens with one attached hydrogen (secondary N) is 1. The smallest absolute Gasteiger partial charge is 0.270 e. The lowest BCUT2D eigenvalue weighted by Gasteiger charge is -2.01. The van der Waals surface area contributed by atoms with Crippen LogP contribution in [0.1, 0.15) is 5.76 Å². The Morgan fingerprint density at radius 3 is 2.78 bits per heavy atom. The highest BCUT2D eigenvalue weighted by Crippen LogP contribution is 2.25. The summed E-state index contributed by atoms with van der Waals surface area (Å²) in [5.41, 5.74) is 2.88. The van der Waals surface area contributed by atoms with Crippen molar-refractivity contribution in [2.45, 2.75) is 0 Å². The highest BCUT2D eigenvalue weighted by atomic mass is 35.5. The lowest BCUT2D eigenvalue weighted by Crippen LogP contribution is -2.19. The summed E-state index contributed by atoms with van der Waals surface area (Å²) < 4.78 is 5.55. The molecule has 7 nitrogen and oxygen atoms in total. The van der Waals surface area contributed by atoms with Gasteiger partial charge in [0.1, 0.15) is 5.58 Å². The van der Waals surface area contributed by atoms with E-state index in [0.717, 1.165) is 0 Å². The molecule has 3 aromatic rings. The number of hydroxylamine groups is 1. The minimum atomic E-state index is -0.489. The van der Waals surface area contributed by atoms with Crippen molar-refractivity contribution in [1.82, 2.24) is 5.48 Å². The molecule has 0 spiro atoms. The van der Waals surface area contributed by atoms with Crippen LogP contribution >= 0.6 is 11.6 Å². The molecule has 0 radical (unpaired) electrons. The Hall–Kier alpha value is -2.90. The summed E-state index contributed by atoms with van der Waals surface area (Å²) in [5.74, 6) is 0.300. The van der Waals surface area contributed by atoms with E-state index in [9.17, 15) is 15.3 Å². The fourth-order valence-electron chi connectivity index (χ4n) is 2.07. The Bertz CT molecular complexity index is 920. The van der Waals surface area contributed by atoms with Crippen molar-refractivity contribution in [2.24, 2.45) is 4.99 Å². The van der Waals surface area contributed by atoms with Crippen molar-refractivity contribution in [1.29, 1.82) is 0 Å². The summed E-state index contributed by atoms with van der Waals surface area (Å²) in [5, 5.41) is 21.1. The van der Waals surface area contributed by atoms with E-state index in [1.165, 1.54) is 18.2 Å². The summed E-state index contributed by atoms with van der Waals surface area (Å²) in [7, 11) is 0. The van der Waals surface area contributed by atoms with Crippen molar-refractivity contribution in [3.05, 3.63) is 69.4 Å². The first-order valence-electron chi connectivity index (χ1n) is 6.49. The number of nitrogens with zero attached hydrogens (tertiary/aromatic N) is 2. The molecule has 0 amide bonds. The summed E-state index contributed by atoms with van der Waals surface area (Å²) in [6.45, 7) is 0. The first kappa shape index (κ1) is 15.0. The Morgan fingerprint density at radius 1 is 1.26 bits per heavy atom. The van der Waals surface area contributed by atoms with Crippen LogP contribution in [0, 0.1) is 10.1 Å². The third-order valence-electron chi connectivity index (χ3n) is 3.10. The van der Waals surface area contributed by atoms with E-state index >= 15 is 0 Å². The normalized spacial score (nSPS) is 11.7. The van der Waals surface area contributed by atoms with Gasteiger partial charge in [-0.15, -0.1) is 0 Å². The molecule has 0 unspecified atom stereocenters. The number of hydrogen-bond donors (Lipinski definition) is 2. The maximum Gasteiger partial charge on any atom is 0.270 e. The van der Waals surface area contributed by atoms with Crippen molar-refractivity contribution in [3.63, 3.8) is 0 Å². The Kier molecular flexibility index (Phi) is 3.96. The number of aliphatic imine (C=N–C) groups is 1. The molecular formula is C15H10ClN3O4. The van der Waals surface area contributed by atoms with Crippen molar-refractivity contribution < 1.29 is 14.5 Å². The van der Waals surface area contributed by atoms with Gasteiger partial charge in [-0.1, -0.05) is 17.7 Å². The maximum absolute atomic E-state index is 10.8. The zero-order valence-corrected chi connectivity index (χ0v) is 12.3. The molecule has 0 aliphatic carbocycles. The van der Waals surface area contributed by atoms with E-state index in [1.54, 1.807) is 30.3 Å². The van der Waals surface area contributed by atoms with Crippen LogP contribution in [-0.2, 0) is 0 Å². The SMILES string of the molecule is O=[N+]([O-])c1ccc2oc(C(=Nc3cccc(Cl)c3)NO)cc2c1. The van der Waals surface area contributed by atoms with Crippen LogP contribution in [-0.4, -0.2) is 16.0 Å². The Labute approximate surface area is 134 Å². The largest absolute Gasteiger partial charge is 0.453 e. The molecule has 23 heavy (non-hydrogen) atoms. The first-order valence-corrected chi connectivity index (χ1v) is 6.87. The molecule has 1 aromatic heterocycles. The van der Waals surface area contributed by atoms with E-state index in [1.807, 2.05) is 5.48 Å². The zero-order chi connectivity index (χ0) is 16.4. The number of non-ortho nitro benzene ring substituents is 1. The number of fused-ring (bicyclic) bond motifs is 1. The second kappa shape index (κ2) is 6.07. The second-order valence-electron chi connectivity index (χ2n) is 4.64. The molecule has 116 valence electrons. The highest BCUT2D eigenvalue weighted by Gasteiger charge is 2.13. The van der Waals surface area contributed by atoms with Gasteiger partial charge in [0.15, 0.2) is 11.6 Å². The van der Waals surface area contributed by atoms with Gasteiger partial charge >= 0.3 is 0 Å². The molecule has 0 saturated heterocycles. The molecule has 3 rings (SSSR count). The third-order valence-corrected chi connectivity index (χ3v) is 3.33. The van der Waals surface area contributed by atoms with Crippen LogP contribution < -0.4 is 5.48 Å². The van der Waals surface area contributed by atoms with Crippen molar-refractivity contribution >= 4 is 39.8 Å². The fourth-order valence-corrected chi connectivity index (χ4v) is 2.26. The third kappa shape index (κ3) is 3.15. The molecule has 0 saturated carbocycles. The second-order valence-corrected chi connectivity index (χ2v) is 5.08. The van der Waals surface area contributed by atoms with Gasteiger partial charge < -0.3 is 4.42 Å². The molecule has 0 bridgehead atoms. The average molecular weight is 332 g/mol. The summed E-state index contributed by atoms with van der Waals surface area (Å²) in [6.07, 6.45) is 0. The van der Waals surface area contributed by atoms with Gasteiger partial charge in [-0.2, -0.15) is 0 Å². The predicted octanol–water partition coefficient (Wildman–Crippen LogP) is 4.05. The number of furan rings is 1. The van der Waals surface area contributed by atoms with E-state index < -0.39 is 4.92 Å². The quantitative estimate of drug-likeness (QED) is 0.326. The van der Waals surface area contributed by atoms with Crippen LogP contribution in [0.25, 0.3) is 11.0 Å². The number of halogens is 1. The van der Waals surface area contributed by atoms with Gasteiger partial charge in [0, 0.05) is 22.5 Å². The molecular weight excluding hydrogens is 322 g/mol. The molecule has 0 aliphatic rings. The van der Waals surface area contributed by atoms with Gasteiger partial charge in [-0.3, -0.25) is 15.3 Å². The van der Waals surface area contributed by atoms with Gasteiger partial charge in [-0.25, -0.2) is 10.5 Å². The van der Waals surface area contributed by atoms with Crippen LogP contribution in [0.15, 0.2) is 57.9 Å². The first-order chi connectivity index (χ1) is 11.1. The number of amidine groups is 1. The van der Waals surface area contributed by atoms with Gasteiger partial charge in [-0.05, 0) is 30.3 Å². The number of nitro benzene ring substituents is 1. The van der Waals surface area contributed by atoms with Crippen LogP contribution in [0.4, 0.5) is 11.4 Å². The summed E-state index contributed by atoms with van der Waals surface area (Å²) in [4.78, 5) is 14.5. The molecule has 0 fully saturated rings. The van der Waals surface area contributed by atoms with E-state index in [-0.39, 0.29) is 17.3 Å². The molecule has 2 aromatic carbocycles. The number of nitro groups is 1. The van der Waals surface area contributed by atoms with Crippen LogP contribution in [0.2, 0.25) is 5.02 Å². The monoisotopic (exact) mass is 331 g/mol. The number of benzene rings is 2.